The number of morpholine rings is 1. The molecule has 0 unspecified atom stereocenters. The number of hydrogen-bond acceptors (Lipinski definition) is 6. The number of methoxy groups -OCH3 is 1. The van der Waals surface area contributed by atoms with Crippen LogP contribution in [0.3, 0.4) is 0 Å². The zero-order valence-corrected chi connectivity index (χ0v) is 14.0. The fourth-order valence-corrected chi connectivity index (χ4v) is 3.45. The molecule has 1 saturated carbocycles. The second-order valence-electron chi connectivity index (χ2n) is 6.53. The van der Waals surface area contributed by atoms with Gasteiger partial charge in [0.05, 0.1) is 19.3 Å². The van der Waals surface area contributed by atoms with E-state index in [1.165, 1.54) is 5.56 Å². The molecule has 0 amide bonds. The second kappa shape index (κ2) is 7.95. The molecule has 128 valence electrons. The second-order valence-corrected chi connectivity index (χ2v) is 6.53. The van der Waals surface area contributed by atoms with E-state index in [9.17, 15) is 0 Å². The van der Waals surface area contributed by atoms with Crippen LogP contribution >= 0.6 is 0 Å². The minimum Gasteiger partial charge on any atom is -0.384 e. The summed E-state index contributed by atoms with van der Waals surface area (Å²) in [7, 11) is 1.80. The van der Waals surface area contributed by atoms with Gasteiger partial charge in [-0.2, -0.15) is 0 Å². The molecule has 1 aliphatic carbocycles. The van der Waals surface area contributed by atoms with Crippen LogP contribution in [-0.4, -0.2) is 55.4 Å². The van der Waals surface area contributed by atoms with Crippen molar-refractivity contribution >= 4 is 11.6 Å². The first-order valence-corrected chi connectivity index (χ1v) is 8.59. The van der Waals surface area contributed by atoms with Gasteiger partial charge in [0.2, 0.25) is 0 Å². The maximum absolute atomic E-state index is 6.00. The molecular formula is C17H28N4O2. The van der Waals surface area contributed by atoms with Crippen LogP contribution in [0.2, 0.25) is 0 Å². The molecule has 1 aromatic rings. The number of nitrogens with two attached hydrogens (primary N) is 1. The van der Waals surface area contributed by atoms with E-state index < -0.39 is 0 Å². The number of aromatic nitrogens is 1. The number of anilines is 2. The van der Waals surface area contributed by atoms with Crippen LogP contribution in [0.5, 0.6) is 0 Å². The summed E-state index contributed by atoms with van der Waals surface area (Å²) in [6, 6.07) is 4.57. The first-order chi connectivity index (χ1) is 11.2. The Morgan fingerprint density at radius 3 is 2.70 bits per heavy atom. The van der Waals surface area contributed by atoms with E-state index in [1.54, 1.807) is 7.11 Å². The predicted molar refractivity (Wildman–Crippen MR) is 91.4 cm³/mol. The van der Waals surface area contributed by atoms with E-state index in [-0.39, 0.29) is 0 Å². The van der Waals surface area contributed by atoms with Gasteiger partial charge in [-0.1, -0.05) is 0 Å². The Balaban J connectivity index is 1.59. The summed E-state index contributed by atoms with van der Waals surface area (Å²) in [4.78, 5) is 6.85. The summed E-state index contributed by atoms with van der Waals surface area (Å²) in [5, 5.41) is 3.55. The van der Waals surface area contributed by atoms with Gasteiger partial charge in [-0.3, -0.25) is 4.90 Å². The number of rotatable bonds is 5. The van der Waals surface area contributed by atoms with Gasteiger partial charge in [0.1, 0.15) is 11.6 Å². The standard InChI is InChI=1S/C17H28N4O2/c1-22-15-4-2-14(3-5-15)19-17-11-13(10-16(18)20-17)12-21-6-8-23-9-7-21/h10-11,14-15H,2-9,12H2,1H3,(H3,18,19,20). The largest absolute Gasteiger partial charge is 0.384 e. The predicted octanol–water partition coefficient (Wildman–Crippen LogP) is 1.87. The lowest BCUT2D eigenvalue weighted by Crippen LogP contribution is -2.35. The molecule has 2 aliphatic rings. The molecular weight excluding hydrogens is 292 g/mol. The van der Waals surface area contributed by atoms with Crippen LogP contribution in [0.25, 0.3) is 0 Å². The third kappa shape index (κ3) is 4.80. The molecule has 6 heteroatoms. The Bertz CT molecular complexity index is 497. The molecule has 23 heavy (non-hydrogen) atoms. The van der Waals surface area contributed by atoms with E-state index in [4.69, 9.17) is 15.2 Å². The Labute approximate surface area is 138 Å². The van der Waals surface area contributed by atoms with Crippen molar-refractivity contribution in [2.24, 2.45) is 0 Å². The van der Waals surface area contributed by atoms with Gasteiger partial charge < -0.3 is 20.5 Å². The highest BCUT2D eigenvalue weighted by Gasteiger charge is 2.21. The topological polar surface area (TPSA) is 72.6 Å². The SMILES string of the molecule is COC1CCC(Nc2cc(CN3CCOCC3)cc(N)n2)CC1. The Kier molecular flexibility index (Phi) is 5.70. The normalized spacial score (nSPS) is 26.1. The van der Waals surface area contributed by atoms with Crippen molar-refractivity contribution < 1.29 is 9.47 Å². The van der Waals surface area contributed by atoms with Crippen molar-refractivity contribution in [2.45, 2.75) is 44.4 Å². The van der Waals surface area contributed by atoms with E-state index >= 15 is 0 Å². The third-order valence-corrected chi connectivity index (χ3v) is 4.77. The molecule has 0 bridgehead atoms. The molecule has 3 rings (SSSR count). The maximum Gasteiger partial charge on any atom is 0.128 e. The fraction of sp³-hybridized carbons (Fsp3) is 0.706. The Morgan fingerprint density at radius 2 is 2.00 bits per heavy atom. The third-order valence-electron chi connectivity index (χ3n) is 4.77. The number of ether oxygens (including phenoxy) is 2. The number of nitrogen functional groups attached to an aromatic ring is 1. The monoisotopic (exact) mass is 320 g/mol. The minimum absolute atomic E-state index is 0.415. The lowest BCUT2D eigenvalue weighted by atomic mass is 9.93. The van der Waals surface area contributed by atoms with Gasteiger partial charge in [0.25, 0.3) is 0 Å². The molecule has 2 heterocycles. The molecule has 3 N–H and O–H groups in total. The Morgan fingerprint density at radius 1 is 1.26 bits per heavy atom. The zero-order chi connectivity index (χ0) is 16.1. The molecule has 1 aliphatic heterocycles. The average molecular weight is 320 g/mol. The van der Waals surface area contributed by atoms with Crippen molar-refractivity contribution in [3.63, 3.8) is 0 Å². The maximum atomic E-state index is 6.00. The van der Waals surface area contributed by atoms with Gasteiger partial charge >= 0.3 is 0 Å². The summed E-state index contributed by atoms with van der Waals surface area (Å²) in [6.07, 6.45) is 4.87. The van der Waals surface area contributed by atoms with Crippen LogP contribution in [0.4, 0.5) is 11.6 Å². The molecule has 0 spiro atoms. The first-order valence-electron chi connectivity index (χ1n) is 8.59. The van der Waals surface area contributed by atoms with E-state index in [1.807, 2.05) is 6.07 Å². The average Bonchev–Trinajstić information content (AvgIpc) is 2.56. The van der Waals surface area contributed by atoms with Crippen molar-refractivity contribution in [1.29, 1.82) is 0 Å². The molecule has 6 nitrogen and oxygen atoms in total. The summed E-state index contributed by atoms with van der Waals surface area (Å²) in [5.74, 6) is 1.48. The molecule has 0 atom stereocenters. The summed E-state index contributed by atoms with van der Waals surface area (Å²) >= 11 is 0. The summed E-state index contributed by atoms with van der Waals surface area (Å²) in [6.45, 7) is 4.49. The smallest absolute Gasteiger partial charge is 0.128 e. The highest BCUT2D eigenvalue weighted by molar-refractivity contribution is 5.47. The van der Waals surface area contributed by atoms with Gasteiger partial charge in [-0.15, -0.1) is 0 Å². The van der Waals surface area contributed by atoms with Crippen molar-refractivity contribution in [1.82, 2.24) is 9.88 Å². The van der Waals surface area contributed by atoms with Gasteiger partial charge in [0.15, 0.2) is 0 Å². The highest BCUT2D eigenvalue weighted by Crippen LogP contribution is 2.24. The van der Waals surface area contributed by atoms with Crippen LogP contribution in [0.15, 0.2) is 12.1 Å². The van der Waals surface area contributed by atoms with Crippen molar-refractivity contribution in [3.8, 4) is 0 Å². The van der Waals surface area contributed by atoms with Crippen LogP contribution in [0.1, 0.15) is 31.2 Å². The summed E-state index contributed by atoms with van der Waals surface area (Å²) < 4.78 is 10.8. The van der Waals surface area contributed by atoms with Gasteiger partial charge in [0, 0.05) is 32.8 Å². The molecule has 0 aromatic carbocycles. The van der Waals surface area contributed by atoms with E-state index in [0.29, 0.717) is 18.0 Å². The van der Waals surface area contributed by atoms with E-state index in [0.717, 1.165) is 64.3 Å². The minimum atomic E-state index is 0.415. The molecule has 2 fully saturated rings. The quantitative estimate of drug-likeness (QED) is 0.863. The van der Waals surface area contributed by atoms with Crippen LogP contribution in [0, 0.1) is 0 Å². The molecule has 1 aromatic heterocycles. The first kappa shape index (κ1) is 16.5. The lowest BCUT2D eigenvalue weighted by Gasteiger charge is -2.29. The molecule has 0 radical (unpaired) electrons. The van der Waals surface area contributed by atoms with Crippen LogP contribution < -0.4 is 11.1 Å². The van der Waals surface area contributed by atoms with Crippen molar-refractivity contribution in [3.05, 3.63) is 17.7 Å². The van der Waals surface area contributed by atoms with Crippen molar-refractivity contribution in [2.75, 3.05) is 44.5 Å². The lowest BCUT2D eigenvalue weighted by molar-refractivity contribution is 0.0342. The Hall–Kier alpha value is -1.37. The number of hydrogen-bond donors (Lipinski definition) is 2. The van der Waals surface area contributed by atoms with Gasteiger partial charge in [-0.25, -0.2) is 4.98 Å². The summed E-state index contributed by atoms with van der Waals surface area (Å²) in [5.41, 5.74) is 7.21. The highest BCUT2D eigenvalue weighted by atomic mass is 16.5. The fourth-order valence-electron chi connectivity index (χ4n) is 3.45. The zero-order valence-electron chi connectivity index (χ0n) is 14.0. The number of pyridine rings is 1. The van der Waals surface area contributed by atoms with E-state index in [2.05, 4.69) is 21.3 Å². The van der Waals surface area contributed by atoms with Gasteiger partial charge in [-0.05, 0) is 43.4 Å². The van der Waals surface area contributed by atoms with Crippen LogP contribution in [-0.2, 0) is 16.0 Å². The number of nitrogens with one attached hydrogen (secondary N) is 1. The molecule has 1 saturated heterocycles. The number of nitrogens with zero attached hydrogens (tertiary/aromatic N) is 2.